The van der Waals surface area contributed by atoms with Crippen LogP contribution in [0.2, 0.25) is 0 Å². The van der Waals surface area contributed by atoms with E-state index >= 15 is 0 Å². The van der Waals surface area contributed by atoms with Crippen LogP contribution in [0.1, 0.15) is 58.4 Å². The zero-order valence-corrected chi connectivity index (χ0v) is 11.4. The lowest BCUT2D eigenvalue weighted by Gasteiger charge is -2.26. The van der Waals surface area contributed by atoms with Crippen molar-refractivity contribution < 1.29 is 4.39 Å². The highest BCUT2D eigenvalue weighted by atomic mass is 19.1. The number of nitrogens with zero attached hydrogens (tertiary/aromatic N) is 1. The van der Waals surface area contributed by atoms with E-state index in [0.717, 1.165) is 11.1 Å². The number of aromatic nitrogens is 1. The first-order valence-corrected chi connectivity index (χ1v) is 5.71. The number of hydrogen-bond donors (Lipinski definition) is 0. The van der Waals surface area contributed by atoms with Gasteiger partial charge in [-0.2, -0.15) is 0 Å². The summed E-state index contributed by atoms with van der Waals surface area (Å²) in [6.45, 7) is 14.0. The van der Waals surface area contributed by atoms with Crippen molar-refractivity contribution in [1.82, 2.24) is 4.98 Å². The molecular formula is C14H22FN. The summed E-state index contributed by atoms with van der Waals surface area (Å²) in [6, 6.07) is 0. The molecule has 90 valence electrons. The Hall–Kier alpha value is -0.920. The van der Waals surface area contributed by atoms with Gasteiger partial charge >= 0.3 is 0 Å². The zero-order valence-electron chi connectivity index (χ0n) is 11.4. The van der Waals surface area contributed by atoms with Crippen LogP contribution in [0.4, 0.5) is 4.39 Å². The van der Waals surface area contributed by atoms with Gasteiger partial charge in [-0.15, -0.1) is 0 Å². The van der Waals surface area contributed by atoms with Crippen molar-refractivity contribution in [3.8, 4) is 0 Å². The molecular weight excluding hydrogens is 201 g/mol. The summed E-state index contributed by atoms with van der Waals surface area (Å²) in [6.07, 6.45) is 1.78. The van der Waals surface area contributed by atoms with Gasteiger partial charge in [-0.1, -0.05) is 41.5 Å². The highest BCUT2D eigenvalue weighted by Gasteiger charge is 2.28. The van der Waals surface area contributed by atoms with Gasteiger partial charge in [-0.25, -0.2) is 4.39 Å². The van der Waals surface area contributed by atoms with Gasteiger partial charge in [0.15, 0.2) is 0 Å². The van der Waals surface area contributed by atoms with E-state index in [-0.39, 0.29) is 16.6 Å². The lowest BCUT2D eigenvalue weighted by atomic mass is 9.81. The second-order valence-corrected chi connectivity index (χ2v) is 6.48. The maximum absolute atomic E-state index is 14.5. The van der Waals surface area contributed by atoms with Crippen LogP contribution >= 0.6 is 0 Å². The number of aryl methyl sites for hydroxylation is 1. The predicted molar refractivity (Wildman–Crippen MR) is 66.3 cm³/mol. The minimum absolute atomic E-state index is 0.139. The largest absolute Gasteiger partial charge is 0.257 e. The number of rotatable bonds is 0. The van der Waals surface area contributed by atoms with Crippen molar-refractivity contribution in [2.45, 2.75) is 59.3 Å². The van der Waals surface area contributed by atoms with Crippen LogP contribution in [-0.2, 0) is 10.8 Å². The molecule has 0 amide bonds. The summed E-state index contributed by atoms with van der Waals surface area (Å²) in [5, 5.41) is 0. The molecule has 0 saturated carbocycles. The summed E-state index contributed by atoms with van der Waals surface area (Å²) in [5.41, 5.74) is 1.84. The maximum atomic E-state index is 14.5. The Morgan fingerprint density at radius 3 is 1.88 bits per heavy atom. The van der Waals surface area contributed by atoms with Gasteiger partial charge in [0, 0.05) is 11.6 Å². The Balaban J connectivity index is 3.52. The molecule has 1 rings (SSSR count). The van der Waals surface area contributed by atoms with E-state index in [4.69, 9.17) is 0 Å². The molecule has 0 radical (unpaired) electrons. The molecule has 1 nitrogen and oxygen atoms in total. The van der Waals surface area contributed by atoms with Crippen molar-refractivity contribution in [1.29, 1.82) is 0 Å². The molecule has 1 aromatic heterocycles. The molecule has 0 aliphatic rings. The predicted octanol–water partition coefficient (Wildman–Crippen LogP) is 4.12. The summed E-state index contributed by atoms with van der Waals surface area (Å²) in [4.78, 5) is 4.25. The van der Waals surface area contributed by atoms with Crippen LogP contribution in [0.5, 0.6) is 0 Å². The van der Waals surface area contributed by atoms with Gasteiger partial charge in [0.05, 0.1) is 5.69 Å². The van der Waals surface area contributed by atoms with Crippen molar-refractivity contribution in [2.75, 3.05) is 0 Å². The first-order chi connectivity index (χ1) is 7.05. The van der Waals surface area contributed by atoms with Gasteiger partial charge in [0.2, 0.25) is 0 Å². The smallest absolute Gasteiger partial charge is 0.149 e. The second-order valence-electron chi connectivity index (χ2n) is 6.48. The summed E-state index contributed by atoms with van der Waals surface area (Å²) < 4.78 is 14.5. The van der Waals surface area contributed by atoms with E-state index in [1.165, 1.54) is 0 Å². The molecule has 1 aromatic rings. The van der Waals surface area contributed by atoms with Crippen molar-refractivity contribution in [3.05, 3.63) is 28.8 Å². The van der Waals surface area contributed by atoms with Crippen LogP contribution in [0.3, 0.4) is 0 Å². The molecule has 0 aliphatic carbocycles. The first kappa shape index (κ1) is 13.1. The SMILES string of the molecule is Cc1cnc(C(C)(C)C)c(F)c1C(C)(C)C. The molecule has 0 aromatic carbocycles. The van der Waals surface area contributed by atoms with E-state index in [1.807, 2.05) is 48.5 Å². The molecule has 0 spiro atoms. The molecule has 0 unspecified atom stereocenters. The molecule has 1 heterocycles. The quantitative estimate of drug-likeness (QED) is 0.644. The van der Waals surface area contributed by atoms with Crippen molar-refractivity contribution in [2.24, 2.45) is 0 Å². The molecule has 0 bridgehead atoms. The lowest BCUT2D eigenvalue weighted by Crippen LogP contribution is -2.23. The van der Waals surface area contributed by atoms with Gasteiger partial charge in [-0.05, 0) is 23.5 Å². The maximum Gasteiger partial charge on any atom is 0.149 e. The van der Waals surface area contributed by atoms with Crippen LogP contribution in [0.25, 0.3) is 0 Å². The Labute approximate surface area is 98.1 Å². The Morgan fingerprint density at radius 2 is 1.50 bits per heavy atom. The van der Waals surface area contributed by atoms with Gasteiger partial charge in [-0.3, -0.25) is 4.98 Å². The highest BCUT2D eigenvalue weighted by Crippen LogP contribution is 2.33. The molecule has 16 heavy (non-hydrogen) atoms. The molecule has 0 fully saturated rings. The van der Waals surface area contributed by atoms with Crippen LogP contribution in [0, 0.1) is 12.7 Å². The highest BCUT2D eigenvalue weighted by molar-refractivity contribution is 5.35. The topological polar surface area (TPSA) is 12.9 Å². The van der Waals surface area contributed by atoms with Crippen LogP contribution in [-0.4, -0.2) is 4.98 Å². The standard InChI is InChI=1S/C14H22FN/c1-9-8-16-12(14(5,6)7)11(15)10(9)13(2,3)4/h8H,1-7H3. The monoisotopic (exact) mass is 223 g/mol. The normalized spacial score (nSPS) is 13.0. The van der Waals surface area contributed by atoms with Gasteiger partial charge < -0.3 is 0 Å². The molecule has 0 N–H and O–H groups in total. The fourth-order valence-electron chi connectivity index (χ4n) is 2.02. The third kappa shape index (κ3) is 2.42. The van der Waals surface area contributed by atoms with Gasteiger partial charge in [0.1, 0.15) is 5.82 Å². The lowest BCUT2D eigenvalue weighted by molar-refractivity contribution is 0.464. The molecule has 0 aliphatic heterocycles. The average molecular weight is 223 g/mol. The Bertz CT molecular complexity index is 394. The zero-order chi connectivity index (χ0) is 12.7. The average Bonchev–Trinajstić information content (AvgIpc) is 1.97. The van der Waals surface area contributed by atoms with Crippen LogP contribution in [0.15, 0.2) is 6.20 Å². The fourth-order valence-corrected chi connectivity index (χ4v) is 2.02. The molecule has 0 saturated heterocycles. The Kier molecular flexibility index (Phi) is 3.15. The molecule has 2 heteroatoms. The molecule has 0 atom stereocenters. The number of hydrogen-bond acceptors (Lipinski definition) is 1. The minimum atomic E-state index is -0.252. The number of pyridine rings is 1. The summed E-state index contributed by atoms with van der Waals surface area (Å²) in [5.74, 6) is -0.139. The third-order valence-corrected chi connectivity index (χ3v) is 2.67. The fraction of sp³-hybridized carbons (Fsp3) is 0.643. The summed E-state index contributed by atoms with van der Waals surface area (Å²) >= 11 is 0. The third-order valence-electron chi connectivity index (χ3n) is 2.67. The second kappa shape index (κ2) is 3.83. The summed E-state index contributed by atoms with van der Waals surface area (Å²) in [7, 11) is 0. The van der Waals surface area contributed by atoms with Crippen molar-refractivity contribution >= 4 is 0 Å². The van der Waals surface area contributed by atoms with Crippen molar-refractivity contribution in [3.63, 3.8) is 0 Å². The van der Waals surface area contributed by atoms with E-state index in [1.54, 1.807) is 6.20 Å². The Morgan fingerprint density at radius 1 is 1.00 bits per heavy atom. The van der Waals surface area contributed by atoms with E-state index in [0.29, 0.717) is 5.69 Å². The number of halogens is 1. The first-order valence-electron chi connectivity index (χ1n) is 5.71. The minimum Gasteiger partial charge on any atom is -0.257 e. The van der Waals surface area contributed by atoms with Crippen LogP contribution < -0.4 is 0 Å². The van der Waals surface area contributed by atoms with E-state index in [9.17, 15) is 4.39 Å². The van der Waals surface area contributed by atoms with E-state index < -0.39 is 0 Å². The van der Waals surface area contributed by atoms with E-state index in [2.05, 4.69) is 4.98 Å². The van der Waals surface area contributed by atoms with Gasteiger partial charge in [0.25, 0.3) is 0 Å².